The number of anilines is 1. The van der Waals surface area contributed by atoms with Gasteiger partial charge in [-0.15, -0.1) is 11.3 Å². The molecule has 2 heterocycles. The lowest BCUT2D eigenvalue weighted by Crippen LogP contribution is -2.28. The molecule has 4 nitrogen and oxygen atoms in total. The number of thiazole rings is 1. The molecule has 3 aromatic carbocycles. The van der Waals surface area contributed by atoms with Crippen LogP contribution in [0.15, 0.2) is 100 Å². The number of carbonyl (C=O) groups is 1. The van der Waals surface area contributed by atoms with Crippen LogP contribution in [0.3, 0.4) is 0 Å². The minimum Gasteiger partial charge on any atom is -0.268 e. The molecule has 32 heavy (non-hydrogen) atoms. The van der Waals surface area contributed by atoms with Gasteiger partial charge in [-0.3, -0.25) is 9.69 Å². The third-order valence-electron chi connectivity index (χ3n) is 5.05. The Bertz CT molecular complexity index is 1330. The molecule has 0 bridgehead atoms. The summed E-state index contributed by atoms with van der Waals surface area (Å²) in [5.41, 5.74) is 4.86. The largest absolute Gasteiger partial charge is 0.271 e. The van der Waals surface area contributed by atoms with Crippen LogP contribution in [0.5, 0.6) is 0 Å². The topological polar surface area (TPSA) is 45.6 Å². The van der Waals surface area contributed by atoms with E-state index in [9.17, 15) is 4.79 Å². The number of nitrogens with zero attached hydrogens (tertiary/aromatic N) is 3. The third kappa shape index (κ3) is 4.15. The molecule has 1 fully saturated rings. The molecule has 0 atom stereocenters. The van der Waals surface area contributed by atoms with Gasteiger partial charge in [-0.2, -0.15) is 4.99 Å². The summed E-state index contributed by atoms with van der Waals surface area (Å²) in [5.74, 6) is -0.0805. The van der Waals surface area contributed by atoms with Gasteiger partial charge in [0.15, 0.2) is 5.17 Å². The molecule has 0 unspecified atom stereocenters. The number of carbonyl (C=O) groups excluding carboxylic acids is 1. The molecule has 1 saturated heterocycles. The summed E-state index contributed by atoms with van der Waals surface area (Å²) in [7, 11) is 0. The van der Waals surface area contributed by atoms with Crippen LogP contribution < -0.4 is 4.90 Å². The number of benzene rings is 3. The lowest BCUT2D eigenvalue weighted by Gasteiger charge is -2.14. The number of aryl methyl sites for hydroxylation is 1. The number of amidine groups is 1. The van der Waals surface area contributed by atoms with E-state index in [1.807, 2.05) is 103 Å². The van der Waals surface area contributed by atoms with E-state index < -0.39 is 0 Å². The first-order valence-electron chi connectivity index (χ1n) is 10.1. The Morgan fingerprint density at radius 3 is 2.34 bits per heavy atom. The third-order valence-corrected chi connectivity index (χ3v) is 6.75. The molecule has 1 amide bonds. The summed E-state index contributed by atoms with van der Waals surface area (Å²) in [6.07, 6.45) is 1.94. The fourth-order valence-corrected chi connectivity index (χ4v) is 5.11. The SMILES string of the molecule is Cc1ccccc1/C=C1\S/C(=N/c2nc(-c3ccccc3)cs2)N(c2ccccc2)C1=O. The summed E-state index contributed by atoms with van der Waals surface area (Å²) in [6, 6.07) is 27.7. The molecule has 0 N–H and O–H groups in total. The first-order chi connectivity index (χ1) is 15.7. The van der Waals surface area contributed by atoms with Gasteiger partial charge >= 0.3 is 0 Å². The zero-order chi connectivity index (χ0) is 21.9. The second-order valence-electron chi connectivity index (χ2n) is 7.22. The van der Waals surface area contributed by atoms with Crippen LogP contribution in [0.4, 0.5) is 10.8 Å². The molecule has 4 aromatic rings. The maximum absolute atomic E-state index is 13.4. The van der Waals surface area contributed by atoms with Crippen molar-refractivity contribution in [1.82, 2.24) is 4.98 Å². The Morgan fingerprint density at radius 2 is 1.59 bits per heavy atom. The quantitative estimate of drug-likeness (QED) is 0.315. The van der Waals surface area contributed by atoms with Gasteiger partial charge in [-0.05, 0) is 48.0 Å². The first kappa shape index (κ1) is 20.4. The Kier molecular flexibility index (Phi) is 5.71. The van der Waals surface area contributed by atoms with Gasteiger partial charge in [0.2, 0.25) is 5.13 Å². The van der Waals surface area contributed by atoms with Gasteiger partial charge in [-0.1, -0.05) is 72.8 Å². The van der Waals surface area contributed by atoms with Crippen LogP contribution in [0.25, 0.3) is 17.3 Å². The van der Waals surface area contributed by atoms with Crippen molar-refractivity contribution in [1.29, 1.82) is 0 Å². The highest BCUT2D eigenvalue weighted by atomic mass is 32.2. The number of thioether (sulfide) groups is 1. The molecule has 1 aromatic heterocycles. The molecule has 156 valence electrons. The first-order valence-corrected chi connectivity index (χ1v) is 11.8. The van der Waals surface area contributed by atoms with Crippen LogP contribution >= 0.6 is 23.1 Å². The summed E-state index contributed by atoms with van der Waals surface area (Å²) >= 11 is 2.85. The average molecular weight is 454 g/mol. The van der Waals surface area contributed by atoms with E-state index in [1.165, 1.54) is 23.1 Å². The lowest BCUT2D eigenvalue weighted by molar-refractivity contribution is -0.113. The number of aliphatic imine (C=N–C) groups is 1. The van der Waals surface area contributed by atoms with E-state index in [2.05, 4.69) is 4.98 Å². The molecule has 6 heteroatoms. The second-order valence-corrected chi connectivity index (χ2v) is 9.06. The number of para-hydroxylation sites is 1. The maximum atomic E-state index is 13.4. The van der Waals surface area contributed by atoms with E-state index >= 15 is 0 Å². The van der Waals surface area contributed by atoms with Gasteiger partial charge in [0.1, 0.15) is 0 Å². The van der Waals surface area contributed by atoms with E-state index in [4.69, 9.17) is 4.99 Å². The maximum Gasteiger partial charge on any atom is 0.271 e. The fourth-order valence-electron chi connectivity index (χ4n) is 3.38. The zero-order valence-electron chi connectivity index (χ0n) is 17.3. The number of amides is 1. The van der Waals surface area contributed by atoms with E-state index in [0.717, 1.165) is 28.1 Å². The van der Waals surface area contributed by atoms with Crippen molar-refractivity contribution in [2.75, 3.05) is 4.90 Å². The van der Waals surface area contributed by atoms with Crippen molar-refractivity contribution < 1.29 is 4.79 Å². The second kappa shape index (κ2) is 8.94. The van der Waals surface area contributed by atoms with E-state index in [-0.39, 0.29) is 5.91 Å². The summed E-state index contributed by atoms with van der Waals surface area (Å²) < 4.78 is 0. The minimum atomic E-state index is -0.0805. The fraction of sp³-hybridized carbons (Fsp3) is 0.0385. The van der Waals surface area contributed by atoms with Crippen LogP contribution in [-0.2, 0) is 4.79 Å². The van der Waals surface area contributed by atoms with Gasteiger partial charge < -0.3 is 0 Å². The zero-order valence-corrected chi connectivity index (χ0v) is 18.9. The van der Waals surface area contributed by atoms with Crippen molar-refractivity contribution in [3.8, 4) is 11.3 Å². The molecule has 0 saturated carbocycles. The highest BCUT2D eigenvalue weighted by Crippen LogP contribution is 2.38. The molecule has 1 aliphatic rings. The predicted molar refractivity (Wildman–Crippen MR) is 135 cm³/mol. The number of rotatable bonds is 4. The van der Waals surface area contributed by atoms with E-state index in [1.54, 1.807) is 4.90 Å². The van der Waals surface area contributed by atoms with Gasteiger partial charge in [0.05, 0.1) is 16.3 Å². The molecular weight excluding hydrogens is 434 g/mol. The average Bonchev–Trinajstić information content (AvgIpc) is 3.41. The van der Waals surface area contributed by atoms with Gasteiger partial charge in [0, 0.05) is 10.9 Å². The molecule has 1 aliphatic heterocycles. The summed E-state index contributed by atoms with van der Waals surface area (Å²) in [5, 5.41) is 3.22. The molecule has 0 radical (unpaired) electrons. The Labute approximate surface area is 195 Å². The van der Waals surface area contributed by atoms with Crippen molar-refractivity contribution in [2.24, 2.45) is 4.99 Å². The molecule has 5 rings (SSSR count). The van der Waals surface area contributed by atoms with E-state index in [0.29, 0.717) is 15.2 Å². The summed E-state index contributed by atoms with van der Waals surface area (Å²) in [4.78, 5) is 25.2. The van der Waals surface area contributed by atoms with Gasteiger partial charge in [-0.25, -0.2) is 4.98 Å². The number of hydrogen-bond donors (Lipinski definition) is 0. The molecular formula is C26H19N3OS2. The van der Waals surface area contributed by atoms with Crippen LogP contribution in [0.2, 0.25) is 0 Å². The molecule has 0 spiro atoms. The number of aromatic nitrogens is 1. The van der Waals surface area contributed by atoms with Crippen molar-refractivity contribution in [3.05, 3.63) is 106 Å². The number of hydrogen-bond acceptors (Lipinski definition) is 5. The lowest BCUT2D eigenvalue weighted by atomic mass is 10.1. The smallest absolute Gasteiger partial charge is 0.268 e. The predicted octanol–water partition coefficient (Wildman–Crippen LogP) is 6.93. The Hall–Kier alpha value is -3.48. The summed E-state index contributed by atoms with van der Waals surface area (Å²) in [6.45, 7) is 2.04. The van der Waals surface area contributed by atoms with Gasteiger partial charge in [0.25, 0.3) is 5.91 Å². The van der Waals surface area contributed by atoms with Crippen molar-refractivity contribution >= 4 is 51.1 Å². The normalized spacial score (nSPS) is 16.3. The highest BCUT2D eigenvalue weighted by Gasteiger charge is 2.35. The van der Waals surface area contributed by atoms with Crippen LogP contribution in [0.1, 0.15) is 11.1 Å². The standard InChI is InChI=1S/C26H19N3OS2/c1-18-10-8-9-13-20(18)16-23-24(30)29(21-14-6-3-7-15-21)26(32-23)28-25-27-22(17-31-25)19-11-4-2-5-12-19/h2-17H,1H3/b23-16-,28-26+. The van der Waals surface area contributed by atoms with Crippen LogP contribution in [-0.4, -0.2) is 16.1 Å². The van der Waals surface area contributed by atoms with Crippen molar-refractivity contribution in [3.63, 3.8) is 0 Å². The Balaban J connectivity index is 1.54. The minimum absolute atomic E-state index is 0.0805. The molecule has 0 aliphatic carbocycles. The highest BCUT2D eigenvalue weighted by molar-refractivity contribution is 8.19. The van der Waals surface area contributed by atoms with Crippen LogP contribution in [0, 0.1) is 6.92 Å². The Morgan fingerprint density at radius 1 is 0.906 bits per heavy atom. The monoisotopic (exact) mass is 453 g/mol. The van der Waals surface area contributed by atoms with Crippen molar-refractivity contribution in [2.45, 2.75) is 6.92 Å².